The number of fused-ring (bicyclic) bond motifs is 6. The molecule has 174 valence electrons. The second-order valence-corrected chi connectivity index (χ2v) is 9.55. The van der Waals surface area contributed by atoms with Crippen molar-refractivity contribution in [2.24, 2.45) is 5.92 Å². The molecular weight excluding hydrogens is 411 g/mol. The fraction of sp³-hybridized carbons (Fsp3) is 0.609. The van der Waals surface area contributed by atoms with Gasteiger partial charge < -0.3 is 10.4 Å². The molecule has 0 radical (unpaired) electrons. The van der Waals surface area contributed by atoms with Crippen molar-refractivity contribution in [1.29, 1.82) is 0 Å². The molecule has 8 nitrogen and oxygen atoms in total. The molecule has 0 aliphatic carbocycles. The van der Waals surface area contributed by atoms with E-state index in [9.17, 15) is 14.3 Å². The van der Waals surface area contributed by atoms with Crippen molar-refractivity contribution in [2.75, 3.05) is 18.4 Å². The van der Waals surface area contributed by atoms with Gasteiger partial charge in [-0.15, -0.1) is 0 Å². The molecule has 5 rings (SSSR count). The molecule has 6 atom stereocenters. The fourth-order valence-corrected chi connectivity index (χ4v) is 5.48. The largest absolute Gasteiger partial charge is 0.389 e. The summed E-state index contributed by atoms with van der Waals surface area (Å²) in [6, 6.07) is 6.33. The Kier molecular flexibility index (Phi) is 5.94. The van der Waals surface area contributed by atoms with Crippen LogP contribution in [0.4, 0.5) is 10.1 Å². The number of allylic oxidation sites excluding steroid dienone is 1. The minimum absolute atomic E-state index is 0.0216. The molecule has 0 spiro atoms. The summed E-state index contributed by atoms with van der Waals surface area (Å²) in [5, 5.41) is 28.9. The highest BCUT2D eigenvalue weighted by atomic mass is 19.1. The number of aliphatic hydroxyl groups is 1. The zero-order chi connectivity index (χ0) is 22.3. The van der Waals surface area contributed by atoms with Gasteiger partial charge in [-0.25, -0.2) is 4.39 Å². The molecule has 0 aromatic heterocycles. The zero-order valence-corrected chi connectivity index (χ0v) is 18.4. The number of carbonyl (C=O) groups is 1. The van der Waals surface area contributed by atoms with Crippen LogP contribution in [0.5, 0.6) is 0 Å². The first kappa shape index (κ1) is 21.8. The van der Waals surface area contributed by atoms with Crippen molar-refractivity contribution in [1.82, 2.24) is 26.0 Å². The lowest BCUT2D eigenvalue weighted by Crippen LogP contribution is -2.69. The summed E-state index contributed by atoms with van der Waals surface area (Å²) in [6.45, 7) is 2.95. The monoisotopic (exact) mass is 444 g/mol. The Balaban J connectivity index is 1.40. The molecule has 4 heterocycles. The van der Waals surface area contributed by atoms with Gasteiger partial charge in [-0.05, 0) is 57.2 Å². The van der Waals surface area contributed by atoms with Gasteiger partial charge in [0.1, 0.15) is 12.1 Å². The first-order valence-electron chi connectivity index (χ1n) is 11.7. The molecule has 2 bridgehead atoms. The van der Waals surface area contributed by atoms with Crippen molar-refractivity contribution < 1.29 is 14.3 Å². The lowest BCUT2D eigenvalue weighted by atomic mass is 9.85. The van der Waals surface area contributed by atoms with E-state index in [2.05, 4.69) is 32.4 Å². The topological polar surface area (TPSA) is 91.9 Å². The summed E-state index contributed by atoms with van der Waals surface area (Å²) in [5.74, 6) is -0.423. The van der Waals surface area contributed by atoms with E-state index < -0.39 is 5.60 Å². The highest BCUT2D eigenvalue weighted by molar-refractivity contribution is 5.82. The Morgan fingerprint density at radius 1 is 1.25 bits per heavy atom. The number of anilines is 1. The van der Waals surface area contributed by atoms with E-state index in [-0.39, 0.29) is 42.3 Å². The van der Waals surface area contributed by atoms with Gasteiger partial charge in [0.25, 0.3) is 0 Å². The van der Waals surface area contributed by atoms with Gasteiger partial charge in [0, 0.05) is 18.3 Å². The van der Waals surface area contributed by atoms with Crippen LogP contribution in [0, 0.1) is 11.7 Å². The second kappa shape index (κ2) is 8.72. The number of benzene rings is 1. The molecule has 32 heavy (non-hydrogen) atoms. The Hall–Kier alpha value is -2.04. The lowest BCUT2D eigenvalue weighted by Gasteiger charge is -2.47. The van der Waals surface area contributed by atoms with E-state index >= 15 is 0 Å². The predicted octanol–water partition coefficient (Wildman–Crippen LogP) is 1.28. The first-order valence-corrected chi connectivity index (χ1v) is 11.7. The summed E-state index contributed by atoms with van der Waals surface area (Å²) in [7, 11) is 0. The third-order valence-electron chi connectivity index (χ3n) is 7.23. The molecule has 1 amide bonds. The number of hydrogen-bond donors (Lipinski definition) is 5. The smallest absolute Gasteiger partial charge is 0.244 e. The summed E-state index contributed by atoms with van der Waals surface area (Å²) in [5.41, 5.74) is -0.133. The standard InChI is InChI=1S/C23H33FN6O2/c1-23(32)11-3-2-4-12-29-21(31)17-14-25-22(26-16-8-5-7-15(24)13-16)28-20(17)30(29)19-10-6-9-18(23)27-19/h2,4-5,7-8,13,17-20,22,25-28,32H,3,6,9-12,14H2,1H3/b4-2-/t17?,18?,19?,20?,22?,23-/m1/s1. The van der Waals surface area contributed by atoms with Gasteiger partial charge >= 0.3 is 0 Å². The average molecular weight is 445 g/mol. The molecule has 0 saturated carbocycles. The van der Waals surface area contributed by atoms with Crippen molar-refractivity contribution in [3.8, 4) is 0 Å². The maximum absolute atomic E-state index is 13.6. The minimum atomic E-state index is -0.801. The number of halogens is 1. The van der Waals surface area contributed by atoms with E-state index in [0.29, 0.717) is 25.2 Å². The highest BCUT2D eigenvalue weighted by Crippen LogP contribution is 2.34. The Bertz CT molecular complexity index is 880. The second-order valence-electron chi connectivity index (χ2n) is 9.55. The quantitative estimate of drug-likeness (QED) is 0.439. The number of carbonyl (C=O) groups excluding carboxylic acids is 1. The van der Waals surface area contributed by atoms with Crippen LogP contribution in [0.25, 0.3) is 0 Å². The van der Waals surface area contributed by atoms with Gasteiger partial charge in [-0.2, -0.15) is 5.01 Å². The Labute approximate surface area is 188 Å². The average Bonchev–Trinajstić information content (AvgIpc) is 3.03. The van der Waals surface area contributed by atoms with E-state index in [1.807, 2.05) is 24.1 Å². The van der Waals surface area contributed by atoms with Crippen LogP contribution >= 0.6 is 0 Å². The normalized spacial score (nSPS) is 39.0. The maximum Gasteiger partial charge on any atom is 0.244 e. The van der Waals surface area contributed by atoms with Crippen molar-refractivity contribution in [3.05, 3.63) is 42.2 Å². The van der Waals surface area contributed by atoms with Crippen LogP contribution in [0.3, 0.4) is 0 Å². The molecule has 4 aliphatic rings. The molecular formula is C23H33FN6O2. The number of rotatable bonds is 2. The number of hydrazine groups is 1. The van der Waals surface area contributed by atoms with Gasteiger partial charge in [-0.3, -0.25) is 25.8 Å². The van der Waals surface area contributed by atoms with Gasteiger partial charge in [0.15, 0.2) is 0 Å². The summed E-state index contributed by atoms with van der Waals surface area (Å²) in [4.78, 5) is 13.3. The third-order valence-corrected chi connectivity index (χ3v) is 7.23. The first-order chi connectivity index (χ1) is 15.4. The number of amides is 1. The molecule has 4 aliphatic heterocycles. The fourth-order valence-electron chi connectivity index (χ4n) is 5.48. The van der Waals surface area contributed by atoms with E-state index in [4.69, 9.17) is 0 Å². The Morgan fingerprint density at radius 3 is 2.97 bits per heavy atom. The summed E-state index contributed by atoms with van der Waals surface area (Å²) < 4.78 is 13.6. The van der Waals surface area contributed by atoms with Crippen LogP contribution in [0.1, 0.15) is 39.0 Å². The van der Waals surface area contributed by atoms with Crippen molar-refractivity contribution in [3.63, 3.8) is 0 Å². The number of hydrogen-bond acceptors (Lipinski definition) is 7. The minimum Gasteiger partial charge on any atom is -0.389 e. The Morgan fingerprint density at radius 2 is 2.12 bits per heavy atom. The van der Waals surface area contributed by atoms with Gasteiger partial charge in [-0.1, -0.05) is 18.2 Å². The lowest BCUT2D eigenvalue weighted by molar-refractivity contribution is -0.146. The van der Waals surface area contributed by atoms with Gasteiger partial charge in [0.05, 0.1) is 30.4 Å². The van der Waals surface area contributed by atoms with Crippen molar-refractivity contribution >= 4 is 11.6 Å². The highest BCUT2D eigenvalue weighted by Gasteiger charge is 2.52. The van der Waals surface area contributed by atoms with E-state index in [1.54, 1.807) is 6.07 Å². The third kappa shape index (κ3) is 4.15. The maximum atomic E-state index is 13.6. The van der Waals surface area contributed by atoms with E-state index in [1.165, 1.54) is 12.1 Å². The molecule has 5 unspecified atom stereocenters. The van der Waals surface area contributed by atoms with Crippen LogP contribution in [0.15, 0.2) is 36.4 Å². The molecule has 1 aromatic carbocycles. The molecule has 5 N–H and O–H groups in total. The molecule has 3 fully saturated rings. The number of nitrogens with one attached hydrogen (secondary N) is 4. The summed E-state index contributed by atoms with van der Waals surface area (Å²) >= 11 is 0. The number of nitrogens with zero attached hydrogens (tertiary/aromatic N) is 2. The van der Waals surface area contributed by atoms with Crippen molar-refractivity contribution in [2.45, 2.75) is 69.3 Å². The SMILES string of the molecule is C[C@@]1(O)CC/C=C\CN2C(=O)C3CNC(Nc4cccc(F)c4)NC3N2C2CCCC1N2. The van der Waals surface area contributed by atoms with Crippen LogP contribution < -0.4 is 21.3 Å². The summed E-state index contributed by atoms with van der Waals surface area (Å²) in [6.07, 6.45) is 7.83. The van der Waals surface area contributed by atoms with E-state index in [0.717, 1.165) is 25.7 Å². The van der Waals surface area contributed by atoms with Gasteiger partial charge in [0.2, 0.25) is 5.91 Å². The van der Waals surface area contributed by atoms with Crippen LogP contribution in [-0.2, 0) is 4.79 Å². The van der Waals surface area contributed by atoms with Crippen LogP contribution in [0.2, 0.25) is 0 Å². The predicted molar refractivity (Wildman–Crippen MR) is 119 cm³/mol. The number of piperidine rings is 1. The zero-order valence-electron chi connectivity index (χ0n) is 18.4. The molecule has 9 heteroatoms. The molecule has 3 saturated heterocycles. The van der Waals surface area contributed by atoms with Crippen LogP contribution in [-0.4, -0.2) is 64.4 Å². The molecule has 1 aromatic rings.